The minimum Gasteiger partial charge on any atom is -0.286 e. The first-order chi connectivity index (χ1) is 11.5. The molecule has 0 aliphatic heterocycles. The molecule has 0 unspecified atom stereocenters. The highest BCUT2D eigenvalue weighted by Crippen LogP contribution is 2.23. The monoisotopic (exact) mass is 337 g/mol. The quantitative estimate of drug-likeness (QED) is 0.516. The molecule has 0 bridgehead atoms. The maximum Gasteiger partial charge on any atom is 0.254 e. The van der Waals surface area contributed by atoms with E-state index in [-0.39, 0.29) is 0 Å². The van der Waals surface area contributed by atoms with E-state index in [0.29, 0.717) is 11.1 Å². The van der Waals surface area contributed by atoms with Gasteiger partial charge in [-0.05, 0) is 56.7 Å². The number of fused-ring (bicyclic) bond motifs is 1. The summed E-state index contributed by atoms with van der Waals surface area (Å²) in [6.07, 6.45) is 1.89. The van der Waals surface area contributed by atoms with Gasteiger partial charge in [-0.3, -0.25) is 4.57 Å². The molecule has 0 amide bonds. The van der Waals surface area contributed by atoms with Gasteiger partial charge in [-0.2, -0.15) is 4.98 Å². The molecule has 4 aromatic rings. The van der Waals surface area contributed by atoms with E-state index >= 15 is 0 Å². The molecule has 4 heterocycles. The molecule has 120 valence electrons. The molecule has 5 nitrogen and oxygen atoms in total. The Morgan fingerprint density at radius 3 is 2.38 bits per heavy atom. The second kappa shape index (κ2) is 5.46. The summed E-state index contributed by atoms with van der Waals surface area (Å²) >= 11 is 6.14. The van der Waals surface area contributed by atoms with Crippen molar-refractivity contribution >= 4 is 17.2 Å². The van der Waals surface area contributed by atoms with Gasteiger partial charge in [0.15, 0.2) is 5.65 Å². The minimum absolute atomic E-state index is 0.521. The minimum atomic E-state index is 0.521. The highest BCUT2D eigenvalue weighted by Gasteiger charge is 2.11. The lowest BCUT2D eigenvalue weighted by atomic mass is 10.1. The number of aryl methyl sites for hydroxylation is 3. The van der Waals surface area contributed by atoms with Gasteiger partial charge in [0.05, 0.1) is 5.69 Å². The van der Waals surface area contributed by atoms with Crippen LogP contribution in [0, 0.1) is 20.8 Å². The van der Waals surface area contributed by atoms with Crippen molar-refractivity contribution in [3.63, 3.8) is 0 Å². The van der Waals surface area contributed by atoms with E-state index < -0.39 is 0 Å². The summed E-state index contributed by atoms with van der Waals surface area (Å²) in [5, 5.41) is 5.09. The zero-order valence-corrected chi connectivity index (χ0v) is 14.4. The van der Waals surface area contributed by atoms with Gasteiger partial charge in [0.2, 0.25) is 0 Å². The lowest BCUT2D eigenvalue weighted by Gasteiger charge is -2.03. The van der Waals surface area contributed by atoms with Crippen molar-refractivity contribution in [1.82, 2.24) is 24.1 Å². The molecule has 0 atom stereocenters. The van der Waals surface area contributed by atoms with Crippen LogP contribution >= 0.6 is 11.6 Å². The summed E-state index contributed by atoms with van der Waals surface area (Å²) in [5.41, 5.74) is 5.74. The molecule has 0 spiro atoms. The molecule has 4 rings (SSSR count). The molecule has 4 aromatic heterocycles. The summed E-state index contributed by atoms with van der Waals surface area (Å²) < 4.78 is 3.81. The lowest BCUT2D eigenvalue weighted by molar-refractivity contribution is 0.851. The summed E-state index contributed by atoms with van der Waals surface area (Å²) in [5.74, 6) is 0.669. The van der Waals surface area contributed by atoms with E-state index in [4.69, 9.17) is 11.6 Å². The molecule has 0 saturated heterocycles. The lowest BCUT2D eigenvalue weighted by Crippen LogP contribution is -2.01. The first kappa shape index (κ1) is 14.9. The molecule has 6 heteroatoms. The molecule has 0 saturated carbocycles. The normalized spacial score (nSPS) is 11.3. The summed E-state index contributed by atoms with van der Waals surface area (Å²) in [6.45, 7) is 6.03. The molecule has 0 aliphatic rings. The van der Waals surface area contributed by atoms with Crippen LogP contribution in [0.25, 0.3) is 22.9 Å². The Labute approximate surface area is 144 Å². The zero-order chi connectivity index (χ0) is 16.8. The number of pyridine rings is 2. The predicted octanol–water partition coefficient (Wildman–Crippen LogP) is 4.16. The van der Waals surface area contributed by atoms with E-state index in [9.17, 15) is 0 Å². The van der Waals surface area contributed by atoms with Crippen molar-refractivity contribution in [3.8, 4) is 17.2 Å². The molecule has 0 aliphatic carbocycles. The van der Waals surface area contributed by atoms with E-state index in [2.05, 4.69) is 27.2 Å². The summed E-state index contributed by atoms with van der Waals surface area (Å²) in [6, 6.07) is 12.0. The molecular formula is C18H16ClN5. The third-order valence-electron chi connectivity index (χ3n) is 4.13. The molecule has 0 N–H and O–H groups in total. The average Bonchev–Trinajstić information content (AvgIpc) is 3.12. The van der Waals surface area contributed by atoms with Crippen LogP contribution in [0.15, 0.2) is 42.6 Å². The van der Waals surface area contributed by atoms with Gasteiger partial charge in [-0.15, -0.1) is 5.10 Å². The Balaban J connectivity index is 1.83. The van der Waals surface area contributed by atoms with Gasteiger partial charge >= 0.3 is 0 Å². The second-order valence-corrected chi connectivity index (χ2v) is 6.24. The highest BCUT2D eigenvalue weighted by molar-refractivity contribution is 6.30. The van der Waals surface area contributed by atoms with Gasteiger partial charge in [-0.1, -0.05) is 17.7 Å². The average molecular weight is 338 g/mol. The third-order valence-corrected chi connectivity index (χ3v) is 4.51. The number of aromatic nitrogens is 5. The first-order valence-electron chi connectivity index (χ1n) is 7.68. The van der Waals surface area contributed by atoms with Gasteiger partial charge < -0.3 is 0 Å². The third kappa shape index (κ3) is 2.37. The van der Waals surface area contributed by atoms with Crippen molar-refractivity contribution in [2.24, 2.45) is 0 Å². The van der Waals surface area contributed by atoms with Crippen LogP contribution in [0.4, 0.5) is 0 Å². The molecule has 0 radical (unpaired) electrons. The molecule has 24 heavy (non-hydrogen) atoms. The smallest absolute Gasteiger partial charge is 0.254 e. The topological polar surface area (TPSA) is 48.0 Å². The highest BCUT2D eigenvalue weighted by atomic mass is 35.5. The number of hydrogen-bond acceptors (Lipinski definition) is 3. The number of hydrogen-bond donors (Lipinski definition) is 0. The number of rotatable bonds is 2. The standard InChI is InChI=1S/C18H16ClN5/c1-11-4-7-15(20-17(11)19)14-8-9-23-16(10-14)21-18(22-23)24-12(2)5-6-13(24)3/h4-10H,1-3H3. The van der Waals surface area contributed by atoms with Crippen LogP contribution in [0.3, 0.4) is 0 Å². The fraction of sp³-hybridized carbons (Fsp3) is 0.167. The van der Waals surface area contributed by atoms with Crippen LogP contribution in [0.5, 0.6) is 0 Å². The van der Waals surface area contributed by atoms with Crippen LogP contribution in [0.1, 0.15) is 17.0 Å². The van der Waals surface area contributed by atoms with Crippen molar-refractivity contribution < 1.29 is 0 Å². The molecule has 0 aromatic carbocycles. The Kier molecular flexibility index (Phi) is 3.39. The van der Waals surface area contributed by atoms with E-state index in [0.717, 1.165) is 33.9 Å². The molecule has 0 fully saturated rings. The Morgan fingerprint density at radius 2 is 1.67 bits per heavy atom. The van der Waals surface area contributed by atoms with E-state index in [1.807, 2.05) is 55.8 Å². The Morgan fingerprint density at radius 1 is 0.917 bits per heavy atom. The maximum absolute atomic E-state index is 6.14. The number of nitrogens with zero attached hydrogens (tertiary/aromatic N) is 5. The largest absolute Gasteiger partial charge is 0.286 e. The predicted molar refractivity (Wildman–Crippen MR) is 94.8 cm³/mol. The van der Waals surface area contributed by atoms with Crippen LogP contribution in [-0.4, -0.2) is 24.1 Å². The summed E-state index contributed by atoms with van der Waals surface area (Å²) in [7, 11) is 0. The van der Waals surface area contributed by atoms with Crippen molar-refractivity contribution in [1.29, 1.82) is 0 Å². The van der Waals surface area contributed by atoms with Gasteiger partial charge in [0.25, 0.3) is 5.95 Å². The van der Waals surface area contributed by atoms with Crippen LogP contribution in [-0.2, 0) is 0 Å². The maximum atomic E-state index is 6.14. The fourth-order valence-corrected chi connectivity index (χ4v) is 2.93. The van der Waals surface area contributed by atoms with E-state index in [1.165, 1.54) is 0 Å². The Bertz CT molecular complexity index is 1040. The molecular weight excluding hydrogens is 322 g/mol. The van der Waals surface area contributed by atoms with Crippen LogP contribution < -0.4 is 0 Å². The van der Waals surface area contributed by atoms with Gasteiger partial charge in [0.1, 0.15) is 5.15 Å². The Hall–Kier alpha value is -2.66. The fourth-order valence-electron chi connectivity index (χ4n) is 2.77. The van der Waals surface area contributed by atoms with Crippen LogP contribution in [0.2, 0.25) is 5.15 Å². The summed E-state index contributed by atoms with van der Waals surface area (Å²) in [4.78, 5) is 9.09. The van der Waals surface area contributed by atoms with Crippen molar-refractivity contribution in [2.45, 2.75) is 20.8 Å². The van der Waals surface area contributed by atoms with Gasteiger partial charge in [0, 0.05) is 23.1 Å². The zero-order valence-electron chi connectivity index (χ0n) is 13.7. The number of halogens is 1. The van der Waals surface area contributed by atoms with Gasteiger partial charge in [-0.25, -0.2) is 9.50 Å². The SMILES string of the molecule is Cc1ccc(-c2ccn3nc(-n4c(C)ccc4C)nc3c2)nc1Cl. The van der Waals surface area contributed by atoms with Crippen molar-refractivity contribution in [2.75, 3.05) is 0 Å². The first-order valence-corrected chi connectivity index (χ1v) is 8.06. The second-order valence-electron chi connectivity index (χ2n) is 5.89. The van der Waals surface area contributed by atoms with E-state index in [1.54, 1.807) is 4.52 Å². The van der Waals surface area contributed by atoms with Crippen molar-refractivity contribution in [3.05, 3.63) is 64.7 Å².